The molecule has 0 fully saturated rings. The number of carbonyl (C=O) groups is 1. The van der Waals surface area contributed by atoms with Crippen LogP contribution in [0.15, 0.2) is 59.5 Å². The summed E-state index contributed by atoms with van der Waals surface area (Å²) >= 11 is 5.92. The van der Waals surface area contributed by atoms with Gasteiger partial charge in [0.1, 0.15) is 0 Å². The minimum Gasteiger partial charge on any atom is -0.394 e. The lowest BCUT2D eigenvalue weighted by Crippen LogP contribution is -2.30. The van der Waals surface area contributed by atoms with E-state index in [1.54, 1.807) is 41.1 Å². The number of aliphatic hydroxyl groups is 1. The van der Waals surface area contributed by atoms with Crippen molar-refractivity contribution < 1.29 is 9.90 Å². The maximum atomic E-state index is 13.0. The summed E-state index contributed by atoms with van der Waals surface area (Å²) in [5.74, 6) is -0.430. The first kappa shape index (κ1) is 21.1. The standard InChI is InChI=1S/C23H25ClN2O3/c1-14(2)21(13-27)26-12-11-18-19(23(26)29)5-4-6-20(18)25-22(28)15(3)16-7-9-17(24)10-8-16/h4-12,14-15,21,27H,13H2,1-3H3,(H,25,28). The molecule has 0 spiro atoms. The third-order valence-corrected chi connectivity index (χ3v) is 5.56. The number of nitrogens with zero attached hydrogens (tertiary/aromatic N) is 1. The van der Waals surface area contributed by atoms with Crippen molar-refractivity contribution >= 4 is 34.0 Å². The van der Waals surface area contributed by atoms with Crippen LogP contribution in [-0.4, -0.2) is 22.2 Å². The van der Waals surface area contributed by atoms with Gasteiger partial charge in [0.15, 0.2) is 0 Å². The average molecular weight is 413 g/mol. The van der Waals surface area contributed by atoms with Crippen molar-refractivity contribution in [1.82, 2.24) is 4.57 Å². The molecule has 1 amide bonds. The molecule has 3 aromatic rings. The van der Waals surface area contributed by atoms with Gasteiger partial charge < -0.3 is 15.0 Å². The second kappa shape index (κ2) is 8.80. The Morgan fingerprint density at radius 3 is 2.38 bits per heavy atom. The third kappa shape index (κ3) is 4.36. The summed E-state index contributed by atoms with van der Waals surface area (Å²) in [6, 6.07) is 14.0. The molecule has 1 aromatic heterocycles. The normalized spacial score (nSPS) is 13.4. The lowest BCUT2D eigenvalue weighted by molar-refractivity contribution is -0.117. The molecule has 2 N–H and O–H groups in total. The highest BCUT2D eigenvalue weighted by Crippen LogP contribution is 2.25. The Balaban J connectivity index is 1.94. The van der Waals surface area contributed by atoms with E-state index in [2.05, 4.69) is 5.32 Å². The highest BCUT2D eigenvalue weighted by atomic mass is 35.5. The molecule has 1 heterocycles. The fraction of sp³-hybridized carbons (Fsp3) is 0.304. The molecule has 0 aliphatic rings. The Morgan fingerprint density at radius 2 is 1.76 bits per heavy atom. The van der Waals surface area contributed by atoms with E-state index in [0.717, 1.165) is 5.56 Å². The number of aromatic nitrogens is 1. The summed E-state index contributed by atoms with van der Waals surface area (Å²) in [7, 11) is 0. The van der Waals surface area contributed by atoms with Gasteiger partial charge in [-0.1, -0.05) is 43.6 Å². The maximum Gasteiger partial charge on any atom is 0.258 e. The van der Waals surface area contributed by atoms with E-state index < -0.39 is 0 Å². The van der Waals surface area contributed by atoms with Crippen molar-refractivity contribution in [3.63, 3.8) is 0 Å². The van der Waals surface area contributed by atoms with Crippen molar-refractivity contribution in [2.45, 2.75) is 32.7 Å². The van der Waals surface area contributed by atoms with Gasteiger partial charge in [0.2, 0.25) is 5.91 Å². The molecule has 29 heavy (non-hydrogen) atoms. The molecule has 152 valence electrons. The Morgan fingerprint density at radius 1 is 1.07 bits per heavy atom. The van der Waals surface area contributed by atoms with Gasteiger partial charge in [-0.25, -0.2) is 0 Å². The highest BCUT2D eigenvalue weighted by Gasteiger charge is 2.19. The number of aliphatic hydroxyl groups excluding tert-OH is 1. The summed E-state index contributed by atoms with van der Waals surface area (Å²) in [6.07, 6.45) is 1.68. The molecule has 0 bridgehead atoms. The predicted molar refractivity (Wildman–Crippen MR) is 118 cm³/mol. The Kier molecular flexibility index (Phi) is 6.40. The number of hydrogen-bond acceptors (Lipinski definition) is 3. The van der Waals surface area contributed by atoms with Gasteiger partial charge in [-0.05, 0) is 48.7 Å². The minimum atomic E-state index is -0.373. The lowest BCUT2D eigenvalue weighted by Gasteiger charge is -2.22. The van der Waals surface area contributed by atoms with Crippen LogP contribution in [0.2, 0.25) is 5.02 Å². The molecular weight excluding hydrogens is 388 g/mol. The van der Waals surface area contributed by atoms with E-state index in [0.29, 0.717) is 21.5 Å². The van der Waals surface area contributed by atoms with Crippen LogP contribution in [0.5, 0.6) is 0 Å². The van der Waals surface area contributed by atoms with Crippen molar-refractivity contribution in [3.05, 3.63) is 75.7 Å². The molecule has 0 aliphatic heterocycles. The van der Waals surface area contributed by atoms with Crippen LogP contribution < -0.4 is 10.9 Å². The fourth-order valence-electron chi connectivity index (χ4n) is 3.43. The fourth-order valence-corrected chi connectivity index (χ4v) is 3.55. The monoisotopic (exact) mass is 412 g/mol. The van der Waals surface area contributed by atoms with Gasteiger partial charge in [0, 0.05) is 27.7 Å². The van der Waals surface area contributed by atoms with Gasteiger partial charge in [-0.2, -0.15) is 0 Å². The minimum absolute atomic E-state index is 0.110. The van der Waals surface area contributed by atoms with Crippen LogP contribution in [0.3, 0.4) is 0 Å². The van der Waals surface area contributed by atoms with Crippen molar-refractivity contribution in [3.8, 4) is 0 Å². The number of nitrogens with one attached hydrogen (secondary N) is 1. The Hall–Kier alpha value is -2.63. The Labute approximate surface area is 174 Å². The van der Waals surface area contributed by atoms with Gasteiger partial charge in [-0.15, -0.1) is 0 Å². The third-order valence-electron chi connectivity index (χ3n) is 5.31. The molecule has 3 rings (SSSR count). The molecule has 5 nitrogen and oxygen atoms in total. The molecule has 6 heteroatoms. The van der Waals surface area contributed by atoms with E-state index in [9.17, 15) is 14.7 Å². The highest BCUT2D eigenvalue weighted by molar-refractivity contribution is 6.30. The summed E-state index contributed by atoms with van der Waals surface area (Å²) in [5, 5.41) is 14.4. The van der Waals surface area contributed by atoms with Crippen LogP contribution in [-0.2, 0) is 4.79 Å². The molecule has 0 aliphatic carbocycles. The largest absolute Gasteiger partial charge is 0.394 e. The van der Waals surface area contributed by atoms with Gasteiger partial charge in [0.05, 0.1) is 18.6 Å². The quantitative estimate of drug-likeness (QED) is 0.622. The number of benzene rings is 2. The summed E-state index contributed by atoms with van der Waals surface area (Å²) in [5.41, 5.74) is 1.26. The SMILES string of the molecule is CC(C(=O)Nc1cccc2c(=O)n(C(CO)C(C)C)ccc12)c1ccc(Cl)cc1. The zero-order valence-corrected chi connectivity index (χ0v) is 17.5. The lowest BCUT2D eigenvalue weighted by atomic mass is 10.00. The number of carbonyl (C=O) groups excluding carboxylic acids is 1. The first-order valence-electron chi connectivity index (χ1n) is 9.64. The number of rotatable bonds is 6. The number of halogens is 1. The second-order valence-corrected chi connectivity index (χ2v) is 7.99. The van der Waals surface area contributed by atoms with Crippen molar-refractivity contribution in [2.24, 2.45) is 5.92 Å². The van der Waals surface area contributed by atoms with Crippen LogP contribution in [0.1, 0.15) is 38.3 Å². The summed E-state index contributed by atoms with van der Waals surface area (Å²) in [4.78, 5) is 25.8. The number of pyridine rings is 1. The number of anilines is 1. The number of hydrogen-bond donors (Lipinski definition) is 2. The second-order valence-electron chi connectivity index (χ2n) is 7.55. The van der Waals surface area contributed by atoms with Gasteiger partial charge in [0.25, 0.3) is 5.56 Å². The molecule has 0 saturated heterocycles. The number of amides is 1. The van der Waals surface area contributed by atoms with E-state index >= 15 is 0 Å². The van der Waals surface area contributed by atoms with Gasteiger partial charge >= 0.3 is 0 Å². The molecular formula is C23H25ClN2O3. The molecule has 0 saturated carbocycles. The predicted octanol–water partition coefficient (Wildman–Crippen LogP) is 4.59. The molecule has 2 atom stereocenters. The smallest absolute Gasteiger partial charge is 0.258 e. The van der Waals surface area contributed by atoms with E-state index in [-0.39, 0.29) is 36.0 Å². The molecule has 0 radical (unpaired) electrons. The topological polar surface area (TPSA) is 71.3 Å². The average Bonchev–Trinajstić information content (AvgIpc) is 2.70. The van der Waals surface area contributed by atoms with E-state index in [1.165, 1.54) is 0 Å². The van der Waals surface area contributed by atoms with Crippen LogP contribution in [0, 0.1) is 5.92 Å². The molecule has 2 unspecified atom stereocenters. The first-order chi connectivity index (χ1) is 13.8. The van der Waals surface area contributed by atoms with Crippen LogP contribution in [0.25, 0.3) is 10.8 Å². The van der Waals surface area contributed by atoms with Crippen LogP contribution >= 0.6 is 11.6 Å². The summed E-state index contributed by atoms with van der Waals surface area (Å²) < 4.78 is 1.56. The van der Waals surface area contributed by atoms with E-state index in [1.807, 2.05) is 39.0 Å². The maximum absolute atomic E-state index is 13.0. The first-order valence-corrected chi connectivity index (χ1v) is 10.0. The zero-order valence-electron chi connectivity index (χ0n) is 16.7. The molecule has 2 aromatic carbocycles. The van der Waals surface area contributed by atoms with Crippen molar-refractivity contribution in [2.75, 3.05) is 11.9 Å². The zero-order chi connectivity index (χ0) is 21.1. The number of fused-ring (bicyclic) bond motifs is 1. The van der Waals surface area contributed by atoms with Crippen molar-refractivity contribution in [1.29, 1.82) is 0 Å². The van der Waals surface area contributed by atoms with Crippen LogP contribution in [0.4, 0.5) is 5.69 Å². The van der Waals surface area contributed by atoms with Gasteiger partial charge in [-0.3, -0.25) is 9.59 Å². The summed E-state index contributed by atoms with van der Waals surface area (Å²) in [6.45, 7) is 5.64. The van der Waals surface area contributed by atoms with E-state index in [4.69, 9.17) is 11.6 Å². The Bertz CT molecular complexity index is 1070.